The van der Waals surface area contributed by atoms with Crippen LogP contribution in [0, 0.1) is 11.8 Å². The maximum absolute atomic E-state index is 13.9. The summed E-state index contributed by atoms with van der Waals surface area (Å²) in [5.74, 6) is 2.91. The first-order chi connectivity index (χ1) is 21.4. The summed E-state index contributed by atoms with van der Waals surface area (Å²) < 4.78 is 22.9. The number of piperidine rings is 2. The molecule has 44 heavy (non-hydrogen) atoms. The predicted octanol–water partition coefficient (Wildman–Crippen LogP) is 3.63. The van der Waals surface area contributed by atoms with E-state index in [0.717, 1.165) is 36.8 Å². The molecule has 236 valence electrons. The van der Waals surface area contributed by atoms with Crippen LogP contribution in [0.15, 0.2) is 30.3 Å². The maximum atomic E-state index is 13.9. The molecule has 0 aliphatic carbocycles. The van der Waals surface area contributed by atoms with Gasteiger partial charge < -0.3 is 34.1 Å². The number of benzene rings is 2. The number of amides is 3. The first-order valence-electron chi connectivity index (χ1n) is 15.9. The van der Waals surface area contributed by atoms with Crippen molar-refractivity contribution >= 4 is 17.7 Å². The molecular formula is C34H43N3O7. The number of methoxy groups -OCH3 is 2. The van der Waals surface area contributed by atoms with Gasteiger partial charge in [-0.2, -0.15) is 0 Å². The lowest BCUT2D eigenvalue weighted by atomic mass is 9.77. The van der Waals surface area contributed by atoms with E-state index < -0.39 is 0 Å². The standard InChI is InChI=1S/C34H43N3O7/c1-41-29-18-22-11-12-31(39)37-20-23-17-25(21-36(19-23)34(40)26-7-3-9-28-33(26)44-15-14-43-28)27(37)8-4-10-30(38)35-13-5-6-24(16-22)32(29)42-2/h3,7,9,16,18,23,25,27H,4-6,8,10-15,17,19-21H2,1-2H3,(H,35,38)/t23-,25-,27-/m0/s1. The average Bonchev–Trinajstić information content (AvgIpc) is 3.04. The Labute approximate surface area is 259 Å². The van der Waals surface area contributed by atoms with Crippen LogP contribution in [-0.4, -0.2) is 87.2 Å². The number of carbonyl (C=O) groups is 3. The van der Waals surface area contributed by atoms with Crippen molar-refractivity contribution in [3.8, 4) is 23.0 Å². The second kappa shape index (κ2) is 13.4. The van der Waals surface area contributed by atoms with E-state index in [1.165, 1.54) is 0 Å². The Balaban J connectivity index is 1.23. The van der Waals surface area contributed by atoms with Gasteiger partial charge in [0.25, 0.3) is 5.91 Å². The highest BCUT2D eigenvalue weighted by Crippen LogP contribution is 2.39. The summed E-state index contributed by atoms with van der Waals surface area (Å²) >= 11 is 0. The van der Waals surface area contributed by atoms with Crippen LogP contribution in [0.5, 0.6) is 23.0 Å². The lowest BCUT2D eigenvalue weighted by molar-refractivity contribution is -0.140. The summed E-state index contributed by atoms with van der Waals surface area (Å²) in [6.45, 7) is 3.24. The number of ether oxygens (including phenoxy) is 4. The molecule has 2 saturated heterocycles. The van der Waals surface area contributed by atoms with Crippen molar-refractivity contribution in [2.45, 2.75) is 57.4 Å². The number of carbonyl (C=O) groups excluding carboxylic acids is 3. The Morgan fingerprint density at radius 3 is 2.66 bits per heavy atom. The van der Waals surface area contributed by atoms with Crippen LogP contribution in [-0.2, 0) is 22.4 Å². The molecule has 1 N–H and O–H groups in total. The molecule has 10 nitrogen and oxygen atoms in total. The third kappa shape index (κ3) is 6.30. The highest BCUT2D eigenvalue weighted by molar-refractivity contribution is 5.98. The number of hydrogen-bond donors (Lipinski definition) is 1. The molecule has 4 bridgehead atoms. The number of fused-ring (bicyclic) bond motifs is 7. The number of hydrogen-bond acceptors (Lipinski definition) is 7. The van der Waals surface area contributed by atoms with Crippen molar-refractivity contribution in [2.24, 2.45) is 11.8 Å². The van der Waals surface area contributed by atoms with Gasteiger partial charge in [0.15, 0.2) is 23.0 Å². The molecule has 10 heteroatoms. The first kappa shape index (κ1) is 30.1. The van der Waals surface area contributed by atoms with E-state index in [0.29, 0.717) is 93.6 Å². The van der Waals surface area contributed by atoms with Crippen LogP contribution < -0.4 is 24.3 Å². The van der Waals surface area contributed by atoms with Crippen LogP contribution in [0.25, 0.3) is 0 Å². The molecule has 3 atom stereocenters. The monoisotopic (exact) mass is 605 g/mol. The summed E-state index contributed by atoms with van der Waals surface area (Å²) in [7, 11) is 3.26. The van der Waals surface area contributed by atoms with Gasteiger partial charge in [-0.3, -0.25) is 14.4 Å². The Bertz CT molecular complexity index is 1400. The number of nitrogens with zero attached hydrogens (tertiary/aromatic N) is 2. The zero-order valence-corrected chi connectivity index (χ0v) is 25.8. The predicted molar refractivity (Wildman–Crippen MR) is 163 cm³/mol. The van der Waals surface area contributed by atoms with Crippen molar-refractivity contribution in [3.05, 3.63) is 47.0 Å². The molecule has 3 amide bonds. The van der Waals surface area contributed by atoms with Crippen LogP contribution in [0.2, 0.25) is 0 Å². The van der Waals surface area contributed by atoms with Gasteiger partial charge in [0.2, 0.25) is 11.8 Å². The largest absolute Gasteiger partial charge is 0.493 e. The van der Waals surface area contributed by atoms with Crippen LogP contribution in [0.1, 0.15) is 60.0 Å². The highest BCUT2D eigenvalue weighted by Gasteiger charge is 2.44. The molecule has 4 aliphatic rings. The lowest BCUT2D eigenvalue weighted by Gasteiger charge is -2.51. The molecule has 0 spiro atoms. The summed E-state index contributed by atoms with van der Waals surface area (Å²) in [4.78, 5) is 44.4. The molecule has 2 aromatic carbocycles. The Kier molecular flexibility index (Phi) is 9.14. The average molecular weight is 606 g/mol. The minimum atomic E-state index is -0.0568. The van der Waals surface area contributed by atoms with E-state index in [2.05, 4.69) is 16.3 Å². The van der Waals surface area contributed by atoms with E-state index in [4.69, 9.17) is 18.9 Å². The fourth-order valence-electron chi connectivity index (χ4n) is 7.48. The van der Waals surface area contributed by atoms with E-state index in [9.17, 15) is 14.4 Å². The van der Waals surface area contributed by atoms with Gasteiger partial charge in [-0.1, -0.05) is 12.1 Å². The molecule has 2 aromatic rings. The smallest absolute Gasteiger partial charge is 0.257 e. The molecule has 2 fully saturated rings. The minimum Gasteiger partial charge on any atom is -0.493 e. The molecule has 0 radical (unpaired) electrons. The highest BCUT2D eigenvalue weighted by atomic mass is 16.6. The number of aryl methyl sites for hydroxylation is 2. The number of likely N-dealkylation sites (tertiary alicyclic amines) is 1. The van der Waals surface area contributed by atoms with Crippen molar-refractivity contribution < 1.29 is 33.3 Å². The van der Waals surface area contributed by atoms with Crippen molar-refractivity contribution in [2.75, 3.05) is 53.6 Å². The van der Waals surface area contributed by atoms with Gasteiger partial charge in [-0.05, 0) is 79.7 Å². The molecule has 6 rings (SSSR count). The van der Waals surface area contributed by atoms with E-state index in [-0.39, 0.29) is 35.6 Å². The van der Waals surface area contributed by atoms with E-state index >= 15 is 0 Å². The van der Waals surface area contributed by atoms with Gasteiger partial charge in [0.05, 0.1) is 19.8 Å². The molecule has 4 heterocycles. The summed E-state index contributed by atoms with van der Waals surface area (Å²) in [6.07, 6.45) is 5.31. The van der Waals surface area contributed by atoms with Crippen LogP contribution in [0.4, 0.5) is 0 Å². The van der Waals surface area contributed by atoms with Gasteiger partial charge in [0, 0.05) is 45.1 Å². The zero-order valence-electron chi connectivity index (χ0n) is 25.8. The third-order valence-electron chi connectivity index (χ3n) is 9.47. The molecule has 0 unspecified atom stereocenters. The number of rotatable bonds is 3. The minimum absolute atomic E-state index is 0.0264. The molecule has 0 saturated carbocycles. The normalized spacial score (nSPS) is 24.2. The van der Waals surface area contributed by atoms with Gasteiger partial charge >= 0.3 is 0 Å². The van der Waals surface area contributed by atoms with Crippen molar-refractivity contribution in [1.82, 2.24) is 15.1 Å². The topological polar surface area (TPSA) is 107 Å². The Morgan fingerprint density at radius 2 is 1.82 bits per heavy atom. The quantitative estimate of drug-likeness (QED) is 0.570. The zero-order chi connectivity index (χ0) is 30.6. The molecule has 0 aromatic heterocycles. The van der Waals surface area contributed by atoms with Crippen LogP contribution >= 0.6 is 0 Å². The molecule has 4 aliphatic heterocycles. The fraction of sp³-hybridized carbons (Fsp3) is 0.559. The van der Waals surface area contributed by atoms with Gasteiger partial charge in [-0.25, -0.2) is 0 Å². The third-order valence-corrected chi connectivity index (χ3v) is 9.47. The fourth-order valence-corrected chi connectivity index (χ4v) is 7.48. The summed E-state index contributed by atoms with van der Waals surface area (Å²) in [6, 6.07) is 9.51. The van der Waals surface area contributed by atoms with Crippen molar-refractivity contribution in [3.63, 3.8) is 0 Å². The second-order valence-electron chi connectivity index (χ2n) is 12.4. The van der Waals surface area contributed by atoms with Crippen molar-refractivity contribution in [1.29, 1.82) is 0 Å². The first-order valence-corrected chi connectivity index (χ1v) is 15.9. The van der Waals surface area contributed by atoms with E-state index in [1.807, 2.05) is 23.1 Å². The number of para-hydroxylation sites is 1. The Hall–Kier alpha value is -3.95. The second-order valence-corrected chi connectivity index (χ2v) is 12.4. The summed E-state index contributed by atoms with van der Waals surface area (Å²) in [5, 5.41) is 3.06. The van der Waals surface area contributed by atoms with E-state index in [1.54, 1.807) is 20.3 Å². The number of nitrogens with one attached hydrogen (secondary N) is 1. The van der Waals surface area contributed by atoms with Gasteiger partial charge in [-0.15, -0.1) is 0 Å². The summed E-state index contributed by atoms with van der Waals surface area (Å²) in [5.41, 5.74) is 2.58. The lowest BCUT2D eigenvalue weighted by Crippen LogP contribution is -2.60. The van der Waals surface area contributed by atoms with Gasteiger partial charge in [0.1, 0.15) is 13.2 Å². The Morgan fingerprint density at radius 1 is 0.955 bits per heavy atom. The van der Waals surface area contributed by atoms with Crippen LogP contribution in [0.3, 0.4) is 0 Å². The molecular weight excluding hydrogens is 562 g/mol. The SMILES string of the molecule is COc1cc2cc(c1OC)CCCNC(=O)CCC[C@H]1[C@H]3C[C@@H](CN(C(=O)c4cccc5c4OCCO5)C3)CN1C(=O)CC2. The maximum Gasteiger partial charge on any atom is 0.257 e.